The largest absolute Gasteiger partial charge is 0.246 e. The van der Waals surface area contributed by atoms with E-state index >= 15 is 0 Å². The molecule has 0 saturated carbocycles. The van der Waals surface area contributed by atoms with Gasteiger partial charge < -0.3 is 0 Å². The normalized spacial score (nSPS) is 13.3. The highest BCUT2D eigenvalue weighted by Crippen LogP contribution is 2.25. The van der Waals surface area contributed by atoms with Crippen molar-refractivity contribution < 1.29 is 0 Å². The average molecular weight is 255 g/mol. The van der Waals surface area contributed by atoms with Gasteiger partial charge in [-0.2, -0.15) is 0 Å². The lowest BCUT2D eigenvalue weighted by Gasteiger charge is -2.13. The maximum atomic E-state index is 4.73. The fourth-order valence-electron chi connectivity index (χ4n) is 1.83. The molecule has 0 N–H and O–H groups in total. The summed E-state index contributed by atoms with van der Waals surface area (Å²) < 4.78 is 0. The predicted octanol–water partition coefficient (Wildman–Crippen LogP) is 4.88. The van der Waals surface area contributed by atoms with Gasteiger partial charge in [-0.15, -0.1) is 11.8 Å². The number of thioether (sulfide) groups is 1. The molecule has 2 aromatic carbocycles. The Morgan fingerprint density at radius 3 is 2.06 bits per heavy atom. The fourth-order valence-corrected chi connectivity index (χ4v) is 2.52. The number of nitrogens with zero attached hydrogens (tertiary/aromatic N) is 1. The number of benzene rings is 2. The molecule has 2 aromatic rings. The lowest BCUT2D eigenvalue weighted by atomic mass is 10.0. The zero-order valence-corrected chi connectivity index (χ0v) is 11.5. The van der Waals surface area contributed by atoms with E-state index in [1.165, 1.54) is 5.56 Å². The van der Waals surface area contributed by atoms with Crippen LogP contribution in [0.25, 0.3) is 0 Å². The van der Waals surface area contributed by atoms with Gasteiger partial charge in [-0.25, -0.2) is 4.99 Å². The second-order valence-corrected chi connectivity index (χ2v) is 4.95. The zero-order valence-electron chi connectivity index (χ0n) is 10.7. The van der Waals surface area contributed by atoms with Crippen molar-refractivity contribution in [3.8, 4) is 0 Å². The highest BCUT2D eigenvalue weighted by molar-refractivity contribution is 8.13. The van der Waals surface area contributed by atoms with Crippen molar-refractivity contribution >= 4 is 22.5 Å². The van der Waals surface area contributed by atoms with E-state index in [4.69, 9.17) is 4.99 Å². The highest BCUT2D eigenvalue weighted by Gasteiger charge is 2.11. The Kier molecular flexibility index (Phi) is 4.59. The van der Waals surface area contributed by atoms with Crippen molar-refractivity contribution in [1.82, 2.24) is 0 Å². The number of aliphatic imine (C=N–C) groups is 1. The molecule has 0 aliphatic heterocycles. The molecule has 0 spiro atoms. The Morgan fingerprint density at radius 2 is 1.50 bits per heavy atom. The second-order valence-electron chi connectivity index (χ2n) is 4.12. The summed E-state index contributed by atoms with van der Waals surface area (Å²) in [5.41, 5.74) is 2.33. The van der Waals surface area contributed by atoms with Gasteiger partial charge in [0.15, 0.2) is 0 Å². The molecule has 0 radical (unpaired) electrons. The van der Waals surface area contributed by atoms with Gasteiger partial charge in [-0.3, -0.25) is 0 Å². The van der Waals surface area contributed by atoms with Crippen LogP contribution in [0.15, 0.2) is 65.7 Å². The maximum Gasteiger partial charge on any atom is 0.0808 e. The van der Waals surface area contributed by atoms with E-state index in [2.05, 4.69) is 37.4 Å². The third-order valence-corrected chi connectivity index (χ3v) is 3.74. The molecule has 2 rings (SSSR count). The minimum Gasteiger partial charge on any atom is -0.246 e. The zero-order chi connectivity index (χ0) is 12.8. The quantitative estimate of drug-likeness (QED) is 0.562. The van der Waals surface area contributed by atoms with Gasteiger partial charge in [-0.1, -0.05) is 55.5 Å². The van der Waals surface area contributed by atoms with Crippen molar-refractivity contribution in [1.29, 1.82) is 0 Å². The van der Waals surface area contributed by atoms with E-state index in [9.17, 15) is 0 Å². The van der Waals surface area contributed by atoms with Crippen molar-refractivity contribution in [2.75, 3.05) is 6.26 Å². The Balaban J connectivity index is 2.27. The van der Waals surface area contributed by atoms with Crippen molar-refractivity contribution in [3.63, 3.8) is 0 Å². The molecule has 1 atom stereocenters. The van der Waals surface area contributed by atoms with E-state index in [0.717, 1.165) is 10.7 Å². The number of para-hydroxylation sites is 1. The molecule has 0 heterocycles. The van der Waals surface area contributed by atoms with Crippen molar-refractivity contribution in [3.05, 3.63) is 66.2 Å². The molecule has 0 aromatic heterocycles. The summed E-state index contributed by atoms with van der Waals surface area (Å²) >= 11 is 1.72. The van der Waals surface area contributed by atoms with Crippen LogP contribution in [0.3, 0.4) is 0 Å². The average Bonchev–Trinajstić information content (AvgIpc) is 2.46. The molecule has 0 aliphatic rings. The second kappa shape index (κ2) is 6.41. The number of hydrogen-bond donors (Lipinski definition) is 0. The van der Waals surface area contributed by atoms with E-state index in [1.54, 1.807) is 11.8 Å². The van der Waals surface area contributed by atoms with Gasteiger partial charge in [0.25, 0.3) is 0 Å². The van der Waals surface area contributed by atoms with E-state index < -0.39 is 0 Å². The minimum absolute atomic E-state index is 0.335. The standard InChI is InChI=1S/C16H17NS/c1-13(14-9-5-3-6-10-14)16(18-2)17-15-11-7-4-8-12-15/h3-13H,1-2H3. The first-order chi connectivity index (χ1) is 8.81. The Bertz CT molecular complexity index is 505. The van der Waals surface area contributed by atoms with Crippen LogP contribution in [0.1, 0.15) is 18.4 Å². The lowest BCUT2D eigenvalue weighted by molar-refractivity contribution is 1.04. The molecule has 0 bridgehead atoms. The minimum atomic E-state index is 0.335. The summed E-state index contributed by atoms with van der Waals surface area (Å²) in [4.78, 5) is 4.73. The van der Waals surface area contributed by atoms with Crippen LogP contribution in [-0.2, 0) is 0 Å². The smallest absolute Gasteiger partial charge is 0.0808 e. The Morgan fingerprint density at radius 1 is 0.944 bits per heavy atom. The van der Waals surface area contributed by atoms with Gasteiger partial charge in [0.05, 0.1) is 10.7 Å². The molecule has 0 amide bonds. The van der Waals surface area contributed by atoms with Crippen LogP contribution < -0.4 is 0 Å². The van der Waals surface area contributed by atoms with Crippen LogP contribution in [0, 0.1) is 0 Å². The number of hydrogen-bond acceptors (Lipinski definition) is 2. The monoisotopic (exact) mass is 255 g/mol. The third-order valence-electron chi connectivity index (χ3n) is 2.87. The molecule has 0 saturated heterocycles. The Labute approximate surface area is 113 Å². The first-order valence-corrected chi connectivity index (χ1v) is 7.26. The summed E-state index contributed by atoms with van der Waals surface area (Å²) in [5.74, 6) is 0.335. The lowest BCUT2D eigenvalue weighted by Crippen LogP contribution is -2.04. The van der Waals surface area contributed by atoms with Gasteiger partial charge in [0.1, 0.15) is 0 Å². The Hall–Kier alpha value is -1.54. The summed E-state index contributed by atoms with van der Waals surface area (Å²) in [7, 11) is 0. The summed E-state index contributed by atoms with van der Waals surface area (Å²) in [6.07, 6.45) is 2.08. The SMILES string of the molecule is CSC(=Nc1ccccc1)C(C)c1ccccc1. The molecule has 18 heavy (non-hydrogen) atoms. The molecular weight excluding hydrogens is 238 g/mol. The summed E-state index contributed by atoms with van der Waals surface area (Å²) in [6, 6.07) is 20.6. The van der Waals surface area contributed by atoms with E-state index in [0.29, 0.717) is 5.92 Å². The van der Waals surface area contributed by atoms with Crippen LogP contribution in [0.2, 0.25) is 0 Å². The predicted molar refractivity (Wildman–Crippen MR) is 81.9 cm³/mol. The van der Waals surface area contributed by atoms with Gasteiger partial charge in [-0.05, 0) is 24.0 Å². The molecule has 1 nitrogen and oxygen atoms in total. The van der Waals surface area contributed by atoms with Crippen LogP contribution in [-0.4, -0.2) is 11.3 Å². The maximum absolute atomic E-state index is 4.73. The van der Waals surface area contributed by atoms with Crippen LogP contribution >= 0.6 is 11.8 Å². The van der Waals surface area contributed by atoms with E-state index in [1.807, 2.05) is 36.4 Å². The van der Waals surface area contributed by atoms with Gasteiger partial charge >= 0.3 is 0 Å². The molecular formula is C16H17NS. The van der Waals surface area contributed by atoms with Gasteiger partial charge in [0.2, 0.25) is 0 Å². The topological polar surface area (TPSA) is 12.4 Å². The van der Waals surface area contributed by atoms with E-state index in [-0.39, 0.29) is 0 Å². The molecule has 1 unspecified atom stereocenters. The first-order valence-electron chi connectivity index (χ1n) is 6.04. The first kappa shape index (κ1) is 12.9. The molecule has 92 valence electrons. The fraction of sp³-hybridized carbons (Fsp3) is 0.188. The van der Waals surface area contributed by atoms with Crippen LogP contribution in [0.5, 0.6) is 0 Å². The van der Waals surface area contributed by atoms with Crippen LogP contribution in [0.4, 0.5) is 5.69 Å². The van der Waals surface area contributed by atoms with Crippen molar-refractivity contribution in [2.45, 2.75) is 12.8 Å². The highest BCUT2D eigenvalue weighted by atomic mass is 32.2. The van der Waals surface area contributed by atoms with Gasteiger partial charge in [0, 0.05) is 5.92 Å². The summed E-state index contributed by atoms with van der Waals surface area (Å²) in [5, 5.41) is 1.15. The molecule has 0 aliphatic carbocycles. The molecule has 2 heteroatoms. The van der Waals surface area contributed by atoms with Crippen molar-refractivity contribution in [2.24, 2.45) is 4.99 Å². The summed E-state index contributed by atoms with van der Waals surface area (Å²) in [6.45, 7) is 2.20. The number of rotatable bonds is 3. The molecule has 0 fully saturated rings. The third kappa shape index (κ3) is 3.23.